The van der Waals surface area contributed by atoms with E-state index in [1.807, 2.05) is 6.07 Å². The number of hydrogen-bond donors (Lipinski definition) is 0. The van der Waals surface area contributed by atoms with Gasteiger partial charge >= 0.3 is 0 Å². The highest BCUT2D eigenvalue weighted by molar-refractivity contribution is 6.84. The molecule has 4 heteroatoms. The Morgan fingerprint density at radius 3 is 1.73 bits per heavy atom. The third kappa shape index (κ3) is 10.1. The molecule has 0 saturated heterocycles. The van der Waals surface area contributed by atoms with Crippen molar-refractivity contribution in [2.24, 2.45) is 10.8 Å². The second-order valence-electron chi connectivity index (χ2n) is 16.5. The van der Waals surface area contributed by atoms with E-state index in [1.54, 1.807) is 7.11 Å². The maximum Gasteiger partial charge on any atom is 0.136 e. The molecule has 0 radical (unpaired) electrons. The molecular weight excluding hydrogens is 617 g/mol. The molecule has 0 aliphatic rings. The Balaban J connectivity index is 1.91. The average Bonchev–Trinajstić information content (AvgIpc) is 2.97. The first-order valence-electron chi connectivity index (χ1n) is 16.7. The van der Waals surface area contributed by atoms with E-state index in [0.29, 0.717) is 6.61 Å². The van der Waals surface area contributed by atoms with Crippen molar-refractivity contribution in [3.63, 3.8) is 0 Å². The smallest absolute Gasteiger partial charge is 0.136 e. The Labute approximate surface area is 292 Å². The van der Waals surface area contributed by atoms with Crippen LogP contribution in [0.3, 0.4) is 0 Å². The second kappa shape index (κ2) is 14.0. The van der Waals surface area contributed by atoms with Gasteiger partial charge in [-0.1, -0.05) is 86.9 Å². The SMILES string of the molecule is COc1ccc2c(C#CC(C)(C)C)cc(COc3ccc4c(C#C[Si](C)(C)C)cccc4c3C#C[Si](C)(C)C)cc2c1C#CC(C)(C)C. The molecule has 2 nitrogen and oxygen atoms in total. The van der Waals surface area contributed by atoms with Gasteiger partial charge in [-0.25, -0.2) is 0 Å². The molecule has 0 saturated carbocycles. The Hall–Kier alpha value is -4.33. The molecule has 4 rings (SSSR count). The number of rotatable bonds is 4. The summed E-state index contributed by atoms with van der Waals surface area (Å²) in [6.45, 7) is 26.7. The van der Waals surface area contributed by atoms with Crippen LogP contribution in [0.2, 0.25) is 39.3 Å². The molecule has 0 aliphatic heterocycles. The summed E-state index contributed by atoms with van der Waals surface area (Å²) in [5, 5.41) is 4.23. The lowest BCUT2D eigenvalue weighted by atomic mass is 9.93. The van der Waals surface area contributed by atoms with E-state index >= 15 is 0 Å². The minimum absolute atomic E-state index is 0.145. The van der Waals surface area contributed by atoms with Crippen molar-refractivity contribution in [3.05, 3.63) is 82.4 Å². The molecule has 48 heavy (non-hydrogen) atoms. The number of ether oxygens (including phenoxy) is 2. The normalized spacial score (nSPS) is 11.7. The predicted octanol–water partition coefficient (Wildman–Crippen LogP) is 10.8. The molecular formula is C44H50O2Si2. The standard InChI is InChI=1S/C44H50O2Si2/c1-43(2,3)25-21-34-29-32(30-40-36(34)17-19-41(45-7)38(40)22-26-44(4,5)6)31-46-42-20-18-35-33(23-27-47(8,9)10)15-14-16-37(35)39(42)24-28-48(11,12)13/h14-20,29-30H,31H2,1-13H3. The number of hydrogen-bond acceptors (Lipinski definition) is 2. The van der Waals surface area contributed by atoms with Gasteiger partial charge in [0, 0.05) is 32.7 Å². The maximum absolute atomic E-state index is 6.68. The molecule has 0 amide bonds. The highest BCUT2D eigenvalue weighted by Crippen LogP contribution is 2.34. The summed E-state index contributed by atoms with van der Waals surface area (Å²) in [7, 11) is -1.52. The maximum atomic E-state index is 6.68. The molecule has 0 heterocycles. The highest BCUT2D eigenvalue weighted by atomic mass is 28.3. The van der Waals surface area contributed by atoms with Crippen LogP contribution in [0.4, 0.5) is 0 Å². The summed E-state index contributed by atoms with van der Waals surface area (Å²) in [4.78, 5) is 0. The molecule has 0 aromatic heterocycles. The molecule has 0 N–H and O–H groups in total. The quantitative estimate of drug-likeness (QED) is 0.159. The van der Waals surface area contributed by atoms with Gasteiger partial charge < -0.3 is 9.47 Å². The third-order valence-electron chi connectivity index (χ3n) is 7.06. The first-order valence-corrected chi connectivity index (χ1v) is 23.7. The van der Waals surface area contributed by atoms with Crippen LogP contribution in [0.5, 0.6) is 11.5 Å². The van der Waals surface area contributed by atoms with Gasteiger partial charge in [0.25, 0.3) is 0 Å². The van der Waals surface area contributed by atoms with Crippen molar-refractivity contribution < 1.29 is 9.47 Å². The lowest BCUT2D eigenvalue weighted by Gasteiger charge is -2.15. The Kier molecular flexibility index (Phi) is 10.7. The lowest BCUT2D eigenvalue weighted by molar-refractivity contribution is 0.306. The van der Waals surface area contributed by atoms with Gasteiger partial charge in [-0.2, -0.15) is 0 Å². The molecule has 0 fully saturated rings. The zero-order valence-electron chi connectivity index (χ0n) is 31.2. The van der Waals surface area contributed by atoms with Crippen LogP contribution in [0.25, 0.3) is 21.5 Å². The summed E-state index contributed by atoms with van der Waals surface area (Å²) in [6.07, 6.45) is 0. The van der Waals surface area contributed by atoms with Gasteiger partial charge in [0.1, 0.15) is 34.3 Å². The van der Waals surface area contributed by atoms with Crippen molar-refractivity contribution in [1.29, 1.82) is 0 Å². The number of fused-ring (bicyclic) bond motifs is 2. The van der Waals surface area contributed by atoms with E-state index < -0.39 is 16.1 Å². The molecule has 0 unspecified atom stereocenters. The van der Waals surface area contributed by atoms with Crippen LogP contribution in [0.15, 0.2) is 54.6 Å². The van der Waals surface area contributed by atoms with Crippen LogP contribution in [-0.2, 0) is 6.61 Å². The fourth-order valence-corrected chi connectivity index (χ4v) is 5.84. The topological polar surface area (TPSA) is 18.5 Å². The number of methoxy groups -OCH3 is 1. The summed E-state index contributed by atoms with van der Waals surface area (Å²) in [6, 6.07) is 18.9. The molecule has 4 aromatic carbocycles. The van der Waals surface area contributed by atoms with Crippen LogP contribution >= 0.6 is 0 Å². The highest BCUT2D eigenvalue weighted by Gasteiger charge is 2.16. The Morgan fingerprint density at radius 2 is 1.12 bits per heavy atom. The fourth-order valence-electron chi connectivity index (χ4n) is 4.83. The van der Waals surface area contributed by atoms with Crippen molar-refractivity contribution in [2.45, 2.75) is 87.4 Å². The third-order valence-corrected chi connectivity index (χ3v) is 8.81. The molecule has 0 spiro atoms. The van der Waals surface area contributed by atoms with Crippen LogP contribution in [0.1, 0.15) is 69.4 Å². The summed E-state index contributed by atoms with van der Waals surface area (Å²) in [5.74, 6) is 22.3. The van der Waals surface area contributed by atoms with E-state index in [0.717, 1.165) is 60.9 Å². The second-order valence-corrected chi connectivity index (χ2v) is 26.0. The van der Waals surface area contributed by atoms with Gasteiger partial charge in [0.05, 0.1) is 18.2 Å². The van der Waals surface area contributed by atoms with Crippen LogP contribution < -0.4 is 9.47 Å². The zero-order chi connectivity index (χ0) is 35.5. The van der Waals surface area contributed by atoms with Crippen molar-refractivity contribution in [1.82, 2.24) is 0 Å². The van der Waals surface area contributed by atoms with Crippen LogP contribution in [-0.4, -0.2) is 23.3 Å². The van der Waals surface area contributed by atoms with E-state index in [9.17, 15) is 0 Å². The van der Waals surface area contributed by atoms with Crippen LogP contribution in [0, 0.1) is 57.4 Å². The first kappa shape index (κ1) is 36.5. The van der Waals surface area contributed by atoms with Gasteiger partial charge in [-0.15, -0.1) is 11.1 Å². The summed E-state index contributed by atoms with van der Waals surface area (Å²) < 4.78 is 12.5. The summed E-state index contributed by atoms with van der Waals surface area (Å²) in [5.41, 5.74) is 11.6. The van der Waals surface area contributed by atoms with Crippen molar-refractivity contribution in [2.75, 3.05) is 7.11 Å². The molecule has 246 valence electrons. The number of benzene rings is 4. The van der Waals surface area contributed by atoms with E-state index in [4.69, 9.17) is 9.47 Å². The minimum Gasteiger partial charge on any atom is -0.495 e. The van der Waals surface area contributed by atoms with E-state index in [-0.39, 0.29) is 10.8 Å². The molecule has 0 bridgehead atoms. The monoisotopic (exact) mass is 666 g/mol. The van der Waals surface area contributed by atoms with Gasteiger partial charge in [0.15, 0.2) is 0 Å². The van der Waals surface area contributed by atoms with Crippen molar-refractivity contribution in [3.8, 4) is 58.1 Å². The van der Waals surface area contributed by atoms with Crippen molar-refractivity contribution >= 4 is 37.7 Å². The van der Waals surface area contributed by atoms with Gasteiger partial charge in [-0.05, 0) is 100 Å². The lowest BCUT2D eigenvalue weighted by Crippen LogP contribution is -2.16. The minimum atomic E-state index is -1.67. The van der Waals surface area contributed by atoms with Gasteiger partial charge in [-0.3, -0.25) is 0 Å². The molecule has 0 aliphatic carbocycles. The zero-order valence-corrected chi connectivity index (χ0v) is 33.2. The summed E-state index contributed by atoms with van der Waals surface area (Å²) >= 11 is 0. The largest absolute Gasteiger partial charge is 0.495 e. The Bertz CT molecular complexity index is 2110. The molecule has 0 atom stereocenters. The molecule has 4 aromatic rings. The predicted molar refractivity (Wildman–Crippen MR) is 212 cm³/mol. The van der Waals surface area contributed by atoms with E-state index in [1.165, 1.54) is 0 Å². The average molecular weight is 667 g/mol. The Morgan fingerprint density at radius 1 is 0.562 bits per heavy atom. The van der Waals surface area contributed by atoms with E-state index in [2.05, 4.69) is 176 Å². The first-order chi connectivity index (χ1) is 22.2. The fraction of sp³-hybridized carbons (Fsp3) is 0.364. The van der Waals surface area contributed by atoms with Gasteiger partial charge in [0.2, 0.25) is 0 Å².